The summed E-state index contributed by atoms with van der Waals surface area (Å²) in [5.74, 6) is 0.679. The van der Waals surface area contributed by atoms with Gasteiger partial charge in [0.15, 0.2) is 5.78 Å². The van der Waals surface area contributed by atoms with Crippen LogP contribution in [0.1, 0.15) is 30.1 Å². The number of ketones is 1. The van der Waals surface area contributed by atoms with Crippen LogP contribution in [0.15, 0.2) is 24.3 Å². The summed E-state index contributed by atoms with van der Waals surface area (Å²) in [6.45, 7) is 2.47. The summed E-state index contributed by atoms with van der Waals surface area (Å²) in [7, 11) is 0. The summed E-state index contributed by atoms with van der Waals surface area (Å²) in [4.78, 5) is 11.6. The SMILES string of the molecule is CCOc1cccc(C(=O)CCC#N)c1. The topological polar surface area (TPSA) is 50.1 Å². The van der Waals surface area contributed by atoms with Crippen LogP contribution in [0, 0.1) is 11.3 Å². The minimum absolute atomic E-state index is 0.0156. The molecule has 0 saturated carbocycles. The van der Waals surface area contributed by atoms with Crippen LogP contribution in [-0.4, -0.2) is 12.4 Å². The Morgan fingerprint density at radius 3 is 3.00 bits per heavy atom. The van der Waals surface area contributed by atoms with E-state index in [0.29, 0.717) is 17.9 Å². The zero-order valence-corrected chi connectivity index (χ0v) is 8.69. The maximum atomic E-state index is 11.6. The third kappa shape index (κ3) is 3.43. The maximum absolute atomic E-state index is 11.6. The zero-order chi connectivity index (χ0) is 11.1. The molecule has 0 aliphatic carbocycles. The van der Waals surface area contributed by atoms with E-state index >= 15 is 0 Å². The van der Waals surface area contributed by atoms with Crippen molar-refractivity contribution in [3.8, 4) is 11.8 Å². The second kappa shape index (κ2) is 5.82. The van der Waals surface area contributed by atoms with E-state index in [1.807, 2.05) is 19.1 Å². The first-order chi connectivity index (χ1) is 7.27. The average Bonchev–Trinajstić information content (AvgIpc) is 2.27. The molecule has 1 aromatic rings. The third-order valence-electron chi connectivity index (χ3n) is 1.93. The number of hydrogen-bond donors (Lipinski definition) is 0. The molecule has 0 atom stereocenters. The lowest BCUT2D eigenvalue weighted by atomic mass is 10.1. The standard InChI is InChI=1S/C12H13NO2/c1-2-15-11-6-3-5-10(9-11)12(14)7-4-8-13/h3,5-6,9H,2,4,7H2,1H3. The summed E-state index contributed by atoms with van der Waals surface area (Å²) < 4.78 is 5.28. The van der Waals surface area contributed by atoms with Gasteiger partial charge in [-0.15, -0.1) is 0 Å². The maximum Gasteiger partial charge on any atom is 0.164 e. The van der Waals surface area contributed by atoms with Gasteiger partial charge in [-0.3, -0.25) is 4.79 Å². The van der Waals surface area contributed by atoms with E-state index in [-0.39, 0.29) is 18.6 Å². The number of benzene rings is 1. The number of nitrogens with zero attached hydrogens (tertiary/aromatic N) is 1. The lowest BCUT2D eigenvalue weighted by molar-refractivity contribution is 0.0983. The second-order valence-corrected chi connectivity index (χ2v) is 3.04. The Morgan fingerprint density at radius 2 is 2.33 bits per heavy atom. The van der Waals surface area contributed by atoms with Crippen LogP contribution in [0.25, 0.3) is 0 Å². The molecule has 3 nitrogen and oxygen atoms in total. The van der Waals surface area contributed by atoms with Crippen molar-refractivity contribution < 1.29 is 9.53 Å². The fraction of sp³-hybridized carbons (Fsp3) is 0.333. The second-order valence-electron chi connectivity index (χ2n) is 3.04. The first-order valence-corrected chi connectivity index (χ1v) is 4.91. The van der Waals surface area contributed by atoms with Crippen molar-refractivity contribution in [1.82, 2.24) is 0 Å². The molecule has 3 heteroatoms. The van der Waals surface area contributed by atoms with E-state index in [1.165, 1.54) is 0 Å². The molecule has 0 bridgehead atoms. The van der Waals surface area contributed by atoms with Gasteiger partial charge in [-0.2, -0.15) is 5.26 Å². The van der Waals surface area contributed by atoms with E-state index in [0.717, 1.165) is 0 Å². The number of carbonyl (C=O) groups excluding carboxylic acids is 1. The molecule has 0 heterocycles. The Kier molecular flexibility index (Phi) is 4.36. The van der Waals surface area contributed by atoms with Crippen LogP contribution in [0.3, 0.4) is 0 Å². The molecular formula is C12H13NO2. The third-order valence-corrected chi connectivity index (χ3v) is 1.93. The first-order valence-electron chi connectivity index (χ1n) is 4.91. The zero-order valence-electron chi connectivity index (χ0n) is 8.69. The summed E-state index contributed by atoms with van der Waals surface area (Å²) in [6.07, 6.45) is 0.532. The van der Waals surface area contributed by atoms with E-state index in [1.54, 1.807) is 18.2 Å². The average molecular weight is 203 g/mol. The van der Waals surface area contributed by atoms with Crippen molar-refractivity contribution in [2.24, 2.45) is 0 Å². The summed E-state index contributed by atoms with van der Waals surface area (Å²) in [5.41, 5.74) is 0.608. The summed E-state index contributed by atoms with van der Waals surface area (Å²) >= 11 is 0. The number of nitriles is 1. The molecule has 0 spiro atoms. The number of Topliss-reactive ketones (excluding diaryl/α,β-unsaturated/α-hetero) is 1. The molecule has 78 valence electrons. The van der Waals surface area contributed by atoms with Crippen molar-refractivity contribution in [1.29, 1.82) is 5.26 Å². The Hall–Kier alpha value is -1.82. The van der Waals surface area contributed by atoms with Crippen LogP contribution in [0.4, 0.5) is 0 Å². The molecule has 0 fully saturated rings. The highest BCUT2D eigenvalue weighted by Gasteiger charge is 2.05. The molecule has 1 rings (SSSR count). The van der Waals surface area contributed by atoms with Gasteiger partial charge in [0.1, 0.15) is 5.75 Å². The van der Waals surface area contributed by atoms with Gasteiger partial charge in [-0.1, -0.05) is 12.1 Å². The van der Waals surface area contributed by atoms with E-state index in [4.69, 9.17) is 10.00 Å². The van der Waals surface area contributed by atoms with Gasteiger partial charge in [0, 0.05) is 18.4 Å². The van der Waals surface area contributed by atoms with Crippen LogP contribution in [-0.2, 0) is 0 Å². The number of ether oxygens (including phenoxy) is 1. The molecule has 0 aliphatic heterocycles. The smallest absolute Gasteiger partial charge is 0.164 e. The molecule has 0 N–H and O–H groups in total. The van der Waals surface area contributed by atoms with Crippen molar-refractivity contribution in [2.45, 2.75) is 19.8 Å². The van der Waals surface area contributed by atoms with Crippen LogP contribution < -0.4 is 4.74 Å². The molecule has 0 aromatic heterocycles. The highest BCUT2D eigenvalue weighted by atomic mass is 16.5. The monoisotopic (exact) mass is 203 g/mol. The number of carbonyl (C=O) groups is 1. The predicted molar refractivity (Wildman–Crippen MR) is 56.8 cm³/mol. The normalized spacial score (nSPS) is 9.33. The highest BCUT2D eigenvalue weighted by molar-refractivity contribution is 5.96. The summed E-state index contributed by atoms with van der Waals surface area (Å²) in [6, 6.07) is 9.00. The molecule has 0 unspecified atom stereocenters. The first kappa shape index (κ1) is 11.3. The Balaban J connectivity index is 2.72. The fourth-order valence-electron chi connectivity index (χ4n) is 1.24. The van der Waals surface area contributed by atoms with Crippen molar-refractivity contribution in [3.63, 3.8) is 0 Å². The van der Waals surface area contributed by atoms with Gasteiger partial charge in [-0.05, 0) is 19.1 Å². The molecule has 0 saturated heterocycles. The van der Waals surface area contributed by atoms with E-state index in [2.05, 4.69) is 0 Å². The van der Waals surface area contributed by atoms with Crippen molar-refractivity contribution >= 4 is 5.78 Å². The van der Waals surface area contributed by atoms with Gasteiger partial charge < -0.3 is 4.74 Å². The van der Waals surface area contributed by atoms with Crippen molar-refractivity contribution in [2.75, 3.05) is 6.61 Å². The van der Waals surface area contributed by atoms with Gasteiger partial charge in [-0.25, -0.2) is 0 Å². The van der Waals surface area contributed by atoms with Crippen molar-refractivity contribution in [3.05, 3.63) is 29.8 Å². The number of hydrogen-bond acceptors (Lipinski definition) is 3. The molecule has 0 radical (unpaired) electrons. The predicted octanol–water partition coefficient (Wildman–Crippen LogP) is 2.57. The van der Waals surface area contributed by atoms with Crippen LogP contribution in [0.5, 0.6) is 5.75 Å². The lowest BCUT2D eigenvalue weighted by Crippen LogP contribution is -1.99. The Bertz CT molecular complexity index is 379. The molecule has 15 heavy (non-hydrogen) atoms. The van der Waals surface area contributed by atoms with E-state index < -0.39 is 0 Å². The van der Waals surface area contributed by atoms with E-state index in [9.17, 15) is 4.79 Å². The van der Waals surface area contributed by atoms with Crippen LogP contribution in [0.2, 0.25) is 0 Å². The summed E-state index contributed by atoms with van der Waals surface area (Å²) in [5, 5.41) is 8.37. The number of rotatable bonds is 5. The molecular weight excluding hydrogens is 190 g/mol. The molecule has 0 amide bonds. The minimum atomic E-state index is -0.0156. The Labute approximate surface area is 89.3 Å². The highest BCUT2D eigenvalue weighted by Crippen LogP contribution is 2.15. The Morgan fingerprint density at radius 1 is 1.53 bits per heavy atom. The largest absolute Gasteiger partial charge is 0.494 e. The van der Waals surface area contributed by atoms with Crippen LogP contribution >= 0.6 is 0 Å². The molecule has 1 aromatic carbocycles. The molecule has 0 aliphatic rings. The van der Waals surface area contributed by atoms with Gasteiger partial charge in [0.25, 0.3) is 0 Å². The van der Waals surface area contributed by atoms with Gasteiger partial charge >= 0.3 is 0 Å². The lowest BCUT2D eigenvalue weighted by Gasteiger charge is -2.04. The fourth-order valence-corrected chi connectivity index (χ4v) is 1.24. The minimum Gasteiger partial charge on any atom is -0.494 e. The van der Waals surface area contributed by atoms with Gasteiger partial charge in [0.2, 0.25) is 0 Å². The van der Waals surface area contributed by atoms with Gasteiger partial charge in [0.05, 0.1) is 12.7 Å². The quantitative estimate of drug-likeness (QED) is 0.691.